The highest BCUT2D eigenvalue weighted by Gasteiger charge is 2.09. The van der Waals surface area contributed by atoms with Gasteiger partial charge in [0.25, 0.3) is 0 Å². The first-order valence-corrected chi connectivity index (χ1v) is 5.59. The summed E-state index contributed by atoms with van der Waals surface area (Å²) in [7, 11) is 1.57. The molecule has 17 heavy (non-hydrogen) atoms. The predicted octanol–water partition coefficient (Wildman–Crippen LogP) is 2.62. The van der Waals surface area contributed by atoms with Gasteiger partial charge in [0.05, 0.1) is 17.8 Å². The van der Waals surface area contributed by atoms with Crippen LogP contribution in [0.3, 0.4) is 0 Å². The summed E-state index contributed by atoms with van der Waals surface area (Å²) in [5, 5.41) is 0. The molecule has 0 fully saturated rings. The van der Waals surface area contributed by atoms with Crippen molar-refractivity contribution in [1.29, 1.82) is 0 Å². The lowest BCUT2D eigenvalue weighted by Gasteiger charge is -2.10. The van der Waals surface area contributed by atoms with Crippen molar-refractivity contribution in [3.63, 3.8) is 0 Å². The molecule has 0 aliphatic carbocycles. The van der Waals surface area contributed by atoms with Crippen LogP contribution in [0.15, 0.2) is 34.9 Å². The summed E-state index contributed by atoms with van der Waals surface area (Å²) < 4.78 is 11.4. The molecule has 0 saturated heterocycles. The molecule has 2 N–H and O–H groups in total. The molecule has 0 unspecified atom stereocenters. The quantitative estimate of drug-likeness (QED) is 0.942. The molecule has 1 aromatic heterocycles. The van der Waals surface area contributed by atoms with E-state index in [0.29, 0.717) is 21.9 Å². The van der Waals surface area contributed by atoms with Gasteiger partial charge in [-0.15, -0.1) is 0 Å². The van der Waals surface area contributed by atoms with Crippen molar-refractivity contribution in [3.05, 3.63) is 34.9 Å². The molecule has 1 heterocycles. The summed E-state index contributed by atoms with van der Waals surface area (Å²) >= 11 is 3.29. The minimum atomic E-state index is 0.151. The van der Waals surface area contributed by atoms with Crippen LogP contribution >= 0.6 is 15.9 Å². The SMILES string of the molecule is COc1ccccc1Oc1nc(N)ncc1Br. The third-order valence-electron chi connectivity index (χ3n) is 2.01. The number of para-hydroxylation sites is 2. The second kappa shape index (κ2) is 5.01. The van der Waals surface area contributed by atoms with Gasteiger partial charge < -0.3 is 15.2 Å². The Morgan fingerprint density at radius 1 is 1.24 bits per heavy atom. The Labute approximate surface area is 107 Å². The van der Waals surface area contributed by atoms with Crippen molar-refractivity contribution in [2.24, 2.45) is 0 Å². The fourth-order valence-electron chi connectivity index (χ4n) is 1.24. The van der Waals surface area contributed by atoms with Crippen LogP contribution in [0.4, 0.5) is 5.95 Å². The van der Waals surface area contributed by atoms with E-state index in [1.165, 1.54) is 6.20 Å². The maximum atomic E-state index is 5.61. The molecular formula is C11H10BrN3O2. The molecule has 0 aliphatic heterocycles. The zero-order chi connectivity index (χ0) is 12.3. The van der Waals surface area contributed by atoms with Crippen molar-refractivity contribution in [2.45, 2.75) is 0 Å². The number of nitrogen functional groups attached to an aromatic ring is 1. The Morgan fingerprint density at radius 3 is 2.65 bits per heavy atom. The van der Waals surface area contributed by atoms with Crippen LogP contribution in [0.25, 0.3) is 0 Å². The minimum Gasteiger partial charge on any atom is -0.493 e. The summed E-state index contributed by atoms with van der Waals surface area (Å²) in [6.45, 7) is 0. The molecule has 0 spiro atoms. The molecule has 2 rings (SSSR count). The minimum absolute atomic E-state index is 0.151. The van der Waals surface area contributed by atoms with Gasteiger partial charge in [0.1, 0.15) is 0 Å². The van der Waals surface area contributed by atoms with Crippen LogP contribution in [0.5, 0.6) is 17.4 Å². The Morgan fingerprint density at radius 2 is 1.94 bits per heavy atom. The van der Waals surface area contributed by atoms with E-state index in [1.54, 1.807) is 19.2 Å². The maximum absolute atomic E-state index is 5.61. The van der Waals surface area contributed by atoms with Gasteiger partial charge in [-0.05, 0) is 28.1 Å². The van der Waals surface area contributed by atoms with E-state index in [-0.39, 0.29) is 5.95 Å². The molecule has 88 valence electrons. The zero-order valence-electron chi connectivity index (χ0n) is 9.05. The van der Waals surface area contributed by atoms with E-state index >= 15 is 0 Å². The van der Waals surface area contributed by atoms with Crippen LogP contribution < -0.4 is 15.2 Å². The maximum Gasteiger partial charge on any atom is 0.238 e. The molecule has 0 aliphatic rings. The smallest absolute Gasteiger partial charge is 0.238 e. The van der Waals surface area contributed by atoms with E-state index in [9.17, 15) is 0 Å². The number of hydrogen-bond donors (Lipinski definition) is 1. The van der Waals surface area contributed by atoms with Crippen molar-refractivity contribution in [2.75, 3.05) is 12.8 Å². The van der Waals surface area contributed by atoms with Gasteiger partial charge in [-0.1, -0.05) is 12.1 Å². The number of aromatic nitrogens is 2. The number of methoxy groups -OCH3 is 1. The van der Waals surface area contributed by atoms with Gasteiger partial charge in [0, 0.05) is 0 Å². The normalized spacial score (nSPS) is 10.0. The lowest BCUT2D eigenvalue weighted by atomic mass is 10.3. The molecule has 6 heteroatoms. The number of benzene rings is 1. The second-order valence-corrected chi connectivity index (χ2v) is 3.99. The molecule has 0 atom stereocenters. The molecular weight excluding hydrogens is 286 g/mol. The van der Waals surface area contributed by atoms with Gasteiger partial charge in [-0.25, -0.2) is 4.98 Å². The average Bonchev–Trinajstić information content (AvgIpc) is 2.34. The van der Waals surface area contributed by atoms with E-state index < -0.39 is 0 Å². The summed E-state index contributed by atoms with van der Waals surface area (Å²) in [5.74, 6) is 1.69. The van der Waals surface area contributed by atoms with Crippen LogP contribution in [0.1, 0.15) is 0 Å². The van der Waals surface area contributed by atoms with Gasteiger partial charge in [-0.3, -0.25) is 0 Å². The molecule has 5 nitrogen and oxygen atoms in total. The lowest BCUT2D eigenvalue weighted by Crippen LogP contribution is -1.98. The monoisotopic (exact) mass is 295 g/mol. The van der Waals surface area contributed by atoms with Crippen molar-refractivity contribution < 1.29 is 9.47 Å². The van der Waals surface area contributed by atoms with Crippen LogP contribution in [0, 0.1) is 0 Å². The number of nitrogens with two attached hydrogens (primary N) is 1. The van der Waals surface area contributed by atoms with E-state index in [4.69, 9.17) is 15.2 Å². The van der Waals surface area contributed by atoms with E-state index in [1.807, 2.05) is 12.1 Å². The number of nitrogens with zero attached hydrogens (tertiary/aromatic N) is 2. The standard InChI is InChI=1S/C11H10BrN3O2/c1-16-8-4-2-3-5-9(8)17-10-7(12)6-14-11(13)15-10/h2-6H,1H3,(H2,13,14,15). The predicted molar refractivity (Wildman–Crippen MR) is 67.2 cm³/mol. The molecule has 0 saturated carbocycles. The van der Waals surface area contributed by atoms with Crippen LogP contribution in [0.2, 0.25) is 0 Å². The fraction of sp³-hybridized carbons (Fsp3) is 0.0909. The first kappa shape index (κ1) is 11.7. The largest absolute Gasteiger partial charge is 0.493 e. The summed E-state index contributed by atoms with van der Waals surface area (Å²) in [4.78, 5) is 7.82. The number of rotatable bonds is 3. The van der Waals surface area contributed by atoms with Crippen molar-refractivity contribution >= 4 is 21.9 Å². The summed E-state index contributed by atoms with van der Waals surface area (Å²) in [5.41, 5.74) is 5.50. The first-order valence-electron chi connectivity index (χ1n) is 4.79. The fourth-order valence-corrected chi connectivity index (χ4v) is 1.52. The van der Waals surface area contributed by atoms with Gasteiger partial charge in [-0.2, -0.15) is 4.98 Å². The Kier molecular flexibility index (Phi) is 3.43. The molecule has 0 bridgehead atoms. The first-order chi connectivity index (χ1) is 8.20. The summed E-state index contributed by atoms with van der Waals surface area (Å²) in [6.07, 6.45) is 1.53. The van der Waals surface area contributed by atoms with E-state index in [0.717, 1.165) is 0 Å². The molecule has 0 radical (unpaired) electrons. The lowest BCUT2D eigenvalue weighted by molar-refractivity contribution is 0.373. The average molecular weight is 296 g/mol. The highest BCUT2D eigenvalue weighted by Crippen LogP contribution is 2.33. The number of hydrogen-bond acceptors (Lipinski definition) is 5. The topological polar surface area (TPSA) is 70.3 Å². The summed E-state index contributed by atoms with van der Waals surface area (Å²) in [6, 6.07) is 7.28. The third-order valence-corrected chi connectivity index (χ3v) is 2.55. The number of halogens is 1. The Hall–Kier alpha value is -1.82. The highest BCUT2D eigenvalue weighted by molar-refractivity contribution is 9.10. The third kappa shape index (κ3) is 2.65. The number of anilines is 1. The van der Waals surface area contributed by atoms with Crippen LogP contribution in [-0.2, 0) is 0 Å². The van der Waals surface area contributed by atoms with Crippen LogP contribution in [-0.4, -0.2) is 17.1 Å². The molecule has 2 aromatic rings. The Bertz CT molecular complexity index is 534. The zero-order valence-corrected chi connectivity index (χ0v) is 10.6. The second-order valence-electron chi connectivity index (χ2n) is 3.13. The van der Waals surface area contributed by atoms with Gasteiger partial charge in [0.15, 0.2) is 11.5 Å². The Balaban J connectivity index is 2.34. The number of ether oxygens (including phenoxy) is 2. The molecule has 1 aromatic carbocycles. The van der Waals surface area contributed by atoms with Gasteiger partial charge >= 0.3 is 0 Å². The highest BCUT2D eigenvalue weighted by atomic mass is 79.9. The molecule has 0 amide bonds. The van der Waals surface area contributed by atoms with Crippen molar-refractivity contribution in [1.82, 2.24) is 9.97 Å². The van der Waals surface area contributed by atoms with Crippen molar-refractivity contribution in [3.8, 4) is 17.4 Å². The van der Waals surface area contributed by atoms with Gasteiger partial charge in [0.2, 0.25) is 11.8 Å². The van der Waals surface area contributed by atoms with E-state index in [2.05, 4.69) is 25.9 Å².